The van der Waals surface area contributed by atoms with Crippen LogP contribution in [0.15, 0.2) is 40.4 Å². The van der Waals surface area contributed by atoms with Gasteiger partial charge in [-0.3, -0.25) is 0 Å². The lowest BCUT2D eigenvalue weighted by Gasteiger charge is -2.36. The van der Waals surface area contributed by atoms with Crippen molar-refractivity contribution in [3.63, 3.8) is 0 Å². The predicted octanol–water partition coefficient (Wildman–Crippen LogP) is 0.0417. The molecule has 0 saturated carbocycles. The molecule has 0 saturated heterocycles. The van der Waals surface area contributed by atoms with Crippen LogP contribution in [-0.4, -0.2) is 51.4 Å². The normalized spacial score (nSPS) is 24.2. The molecule has 1 aromatic rings. The van der Waals surface area contributed by atoms with E-state index in [4.69, 9.17) is 19.2 Å². The third-order valence-electron chi connectivity index (χ3n) is 5.07. The second kappa shape index (κ2) is 5.00. The van der Waals surface area contributed by atoms with E-state index in [1.54, 1.807) is 0 Å². The lowest BCUT2D eigenvalue weighted by molar-refractivity contribution is 0.125. The van der Waals surface area contributed by atoms with Crippen molar-refractivity contribution in [3.8, 4) is 11.5 Å². The fraction of sp³-hybridized carbons (Fsp3) is 0.444. The van der Waals surface area contributed by atoms with Crippen molar-refractivity contribution >= 4 is 0 Å². The number of hydrogen-bond acceptors (Lipinski definition) is 5. The zero-order valence-corrected chi connectivity index (χ0v) is 13.9. The number of likely N-dealkylation sites (N-methyl/N-ethyl adjacent to an activating group) is 2. The van der Waals surface area contributed by atoms with Crippen LogP contribution in [0, 0.1) is 0 Å². The molecule has 0 spiro atoms. The van der Waals surface area contributed by atoms with E-state index in [0.29, 0.717) is 6.61 Å². The van der Waals surface area contributed by atoms with Crippen molar-refractivity contribution in [2.75, 3.05) is 40.4 Å². The van der Waals surface area contributed by atoms with Gasteiger partial charge in [0.2, 0.25) is 5.36 Å². The molecular formula is C18H20N3O3+. The fourth-order valence-corrected chi connectivity index (χ4v) is 3.63. The Kier molecular flexibility index (Phi) is 2.89. The van der Waals surface area contributed by atoms with Gasteiger partial charge < -0.3 is 19.1 Å². The lowest BCUT2D eigenvalue weighted by atomic mass is 10.0. The first kappa shape index (κ1) is 13.9. The van der Waals surface area contributed by atoms with Crippen LogP contribution in [-0.2, 0) is 4.74 Å². The maximum atomic E-state index is 6.29. The first-order valence-corrected chi connectivity index (χ1v) is 8.38. The molecule has 6 heteroatoms. The molecule has 24 heavy (non-hydrogen) atoms. The van der Waals surface area contributed by atoms with Crippen LogP contribution in [0.25, 0.3) is 0 Å². The van der Waals surface area contributed by atoms with Crippen LogP contribution in [0.4, 0.5) is 0 Å². The van der Waals surface area contributed by atoms with Gasteiger partial charge in [-0.15, -0.1) is 0 Å². The SMILES string of the molecule is CN1CCOC2=C1CC1Oc3cc4c(cc3=NC1=C2)OCC[N+]=4C. The second-order valence-corrected chi connectivity index (χ2v) is 6.63. The highest BCUT2D eigenvalue weighted by molar-refractivity contribution is 5.39. The fourth-order valence-electron chi connectivity index (χ4n) is 3.63. The third-order valence-corrected chi connectivity index (χ3v) is 5.07. The summed E-state index contributed by atoms with van der Waals surface area (Å²) in [6.45, 7) is 3.22. The van der Waals surface area contributed by atoms with E-state index in [1.165, 1.54) is 5.70 Å². The van der Waals surface area contributed by atoms with E-state index in [9.17, 15) is 0 Å². The minimum Gasteiger partial charge on any atom is -0.490 e. The van der Waals surface area contributed by atoms with Crippen molar-refractivity contribution in [1.82, 2.24) is 9.48 Å². The highest BCUT2D eigenvalue weighted by atomic mass is 16.5. The molecule has 6 nitrogen and oxygen atoms in total. The standard InChI is InChI=1S/C18H20N3O3/c1-20-3-5-22-17-7-11-15(9-13(17)20)24-16-10-14-18(8-12(16)19-11)23-6-4-21(14)2/h7-9,16H,3-6,10H2,1-2H3/q+1. The van der Waals surface area contributed by atoms with Crippen molar-refractivity contribution in [2.45, 2.75) is 12.5 Å². The van der Waals surface area contributed by atoms with Gasteiger partial charge in [0.25, 0.3) is 0 Å². The molecule has 1 aliphatic carbocycles. The van der Waals surface area contributed by atoms with Crippen molar-refractivity contribution in [3.05, 3.63) is 46.1 Å². The Morgan fingerprint density at radius 2 is 2.12 bits per heavy atom. The Morgan fingerprint density at radius 3 is 3.04 bits per heavy atom. The van der Waals surface area contributed by atoms with Gasteiger partial charge in [-0.25, -0.2) is 9.57 Å². The quantitative estimate of drug-likeness (QED) is 0.632. The van der Waals surface area contributed by atoms with Crippen LogP contribution in [0.3, 0.4) is 0 Å². The molecule has 0 amide bonds. The number of benzene rings is 1. The second-order valence-electron chi connectivity index (χ2n) is 6.63. The summed E-state index contributed by atoms with van der Waals surface area (Å²) in [5.74, 6) is 2.63. The topological polar surface area (TPSA) is 46.3 Å². The lowest BCUT2D eigenvalue weighted by Crippen LogP contribution is -2.40. The molecule has 3 heterocycles. The van der Waals surface area contributed by atoms with E-state index < -0.39 is 0 Å². The Bertz CT molecular complexity index is 916. The van der Waals surface area contributed by atoms with Crippen LogP contribution in [0.2, 0.25) is 0 Å². The van der Waals surface area contributed by atoms with Crippen molar-refractivity contribution in [1.29, 1.82) is 0 Å². The molecule has 3 aliphatic heterocycles. The first-order valence-electron chi connectivity index (χ1n) is 8.38. The average molecular weight is 326 g/mol. The van der Waals surface area contributed by atoms with E-state index in [-0.39, 0.29) is 6.10 Å². The summed E-state index contributed by atoms with van der Waals surface area (Å²) in [5.41, 5.74) is 2.13. The van der Waals surface area contributed by atoms with Gasteiger partial charge in [-0.2, -0.15) is 0 Å². The number of rotatable bonds is 0. The van der Waals surface area contributed by atoms with Gasteiger partial charge in [-0.1, -0.05) is 0 Å². The summed E-state index contributed by atoms with van der Waals surface area (Å²) in [6, 6.07) is 4.03. The first-order chi connectivity index (χ1) is 11.7. The summed E-state index contributed by atoms with van der Waals surface area (Å²) in [7, 11) is 4.18. The van der Waals surface area contributed by atoms with Gasteiger partial charge in [0, 0.05) is 25.6 Å². The highest BCUT2D eigenvalue weighted by Crippen LogP contribution is 2.33. The van der Waals surface area contributed by atoms with E-state index >= 15 is 0 Å². The average Bonchev–Trinajstić information content (AvgIpc) is 2.58. The van der Waals surface area contributed by atoms with Gasteiger partial charge in [0.1, 0.15) is 37.5 Å². The van der Waals surface area contributed by atoms with Gasteiger partial charge in [0.15, 0.2) is 18.0 Å². The van der Waals surface area contributed by atoms with Crippen molar-refractivity contribution < 1.29 is 14.2 Å². The molecule has 1 atom stereocenters. The molecule has 1 aromatic carbocycles. The Hall–Kier alpha value is -2.50. The summed E-state index contributed by atoms with van der Waals surface area (Å²) in [5, 5.41) is 1.90. The number of fused-ring (bicyclic) bond motifs is 3. The van der Waals surface area contributed by atoms with E-state index in [0.717, 1.165) is 59.8 Å². The molecular weight excluding hydrogens is 306 g/mol. The van der Waals surface area contributed by atoms with Gasteiger partial charge >= 0.3 is 0 Å². The van der Waals surface area contributed by atoms with Crippen LogP contribution < -0.4 is 24.8 Å². The zero-order chi connectivity index (χ0) is 16.3. The number of nitrogens with zero attached hydrogens (tertiary/aromatic N) is 3. The molecule has 0 aromatic heterocycles. The van der Waals surface area contributed by atoms with Crippen LogP contribution in [0.1, 0.15) is 6.42 Å². The molecule has 0 radical (unpaired) electrons. The summed E-state index contributed by atoms with van der Waals surface area (Å²) in [4.78, 5) is 7.07. The molecule has 5 rings (SSSR count). The predicted molar refractivity (Wildman–Crippen MR) is 87.5 cm³/mol. The van der Waals surface area contributed by atoms with Crippen molar-refractivity contribution in [2.24, 2.45) is 4.99 Å². The molecule has 124 valence electrons. The Morgan fingerprint density at radius 1 is 1.21 bits per heavy atom. The summed E-state index contributed by atoms with van der Waals surface area (Å²) >= 11 is 0. The van der Waals surface area contributed by atoms with Crippen LogP contribution in [0.5, 0.6) is 11.5 Å². The highest BCUT2D eigenvalue weighted by Gasteiger charge is 2.32. The minimum atomic E-state index is -0.0479. The minimum absolute atomic E-state index is 0.0479. The van der Waals surface area contributed by atoms with Gasteiger partial charge in [-0.05, 0) is 0 Å². The molecule has 0 N–H and O–H groups in total. The Balaban J connectivity index is 1.64. The molecule has 0 bridgehead atoms. The number of ether oxygens (including phenoxy) is 3. The van der Waals surface area contributed by atoms with E-state index in [1.807, 2.05) is 12.1 Å². The summed E-state index contributed by atoms with van der Waals surface area (Å²) < 4.78 is 20.1. The summed E-state index contributed by atoms with van der Waals surface area (Å²) in [6.07, 6.45) is 2.77. The van der Waals surface area contributed by atoms with Gasteiger partial charge in [0.05, 0.1) is 24.0 Å². The molecule has 4 aliphatic rings. The maximum absolute atomic E-state index is 6.29. The molecule has 0 fully saturated rings. The monoisotopic (exact) mass is 326 g/mol. The Labute approximate surface area is 140 Å². The smallest absolute Gasteiger partial charge is 0.246 e. The van der Waals surface area contributed by atoms with Crippen LogP contribution >= 0.6 is 0 Å². The number of allylic oxidation sites excluding steroid dienone is 1. The maximum Gasteiger partial charge on any atom is 0.246 e. The third kappa shape index (κ3) is 2.02. The zero-order valence-electron chi connectivity index (χ0n) is 13.9. The largest absolute Gasteiger partial charge is 0.490 e. The molecule has 1 unspecified atom stereocenters. The van der Waals surface area contributed by atoms with E-state index in [2.05, 4.69) is 29.6 Å². The number of hydrogen-bond donors (Lipinski definition) is 0.